The molecule has 0 aliphatic carbocycles. The molecule has 0 saturated carbocycles. The summed E-state index contributed by atoms with van der Waals surface area (Å²) in [6.45, 7) is 0. The van der Waals surface area contributed by atoms with Gasteiger partial charge in [0.15, 0.2) is 17.5 Å². The predicted octanol–water partition coefficient (Wildman–Crippen LogP) is 13.3. The molecule has 0 spiro atoms. The summed E-state index contributed by atoms with van der Waals surface area (Å²) in [7, 11) is 0. The van der Waals surface area contributed by atoms with E-state index in [0.29, 0.717) is 17.5 Å². The minimum absolute atomic E-state index is 0.636. The van der Waals surface area contributed by atoms with E-state index in [1.54, 1.807) is 0 Å². The molecule has 54 heavy (non-hydrogen) atoms. The summed E-state index contributed by atoms with van der Waals surface area (Å²) in [6, 6.07) is 70.7. The van der Waals surface area contributed by atoms with E-state index in [-0.39, 0.29) is 0 Å². The minimum Gasteiger partial charge on any atom is -0.208 e. The van der Waals surface area contributed by atoms with Gasteiger partial charge in [0.1, 0.15) is 0 Å². The van der Waals surface area contributed by atoms with E-state index in [9.17, 15) is 0 Å². The molecule has 3 heteroatoms. The van der Waals surface area contributed by atoms with Crippen LogP contribution in [-0.4, -0.2) is 15.0 Å². The van der Waals surface area contributed by atoms with Crippen LogP contribution in [-0.2, 0) is 0 Å². The van der Waals surface area contributed by atoms with E-state index in [1.165, 1.54) is 54.7 Å². The van der Waals surface area contributed by atoms with Crippen molar-refractivity contribution in [2.75, 3.05) is 0 Å². The van der Waals surface area contributed by atoms with Gasteiger partial charge in [-0.25, -0.2) is 15.0 Å². The van der Waals surface area contributed by atoms with Gasteiger partial charge in [0.25, 0.3) is 0 Å². The Labute approximate surface area is 313 Å². The molecule has 3 nitrogen and oxygen atoms in total. The lowest BCUT2D eigenvalue weighted by Gasteiger charge is -2.14. The van der Waals surface area contributed by atoms with E-state index in [4.69, 9.17) is 15.0 Å². The summed E-state index contributed by atoms with van der Waals surface area (Å²) in [5, 5.41) is 7.22. The third-order valence-corrected chi connectivity index (χ3v) is 10.3. The molecule has 252 valence electrons. The topological polar surface area (TPSA) is 38.7 Å². The lowest BCUT2D eigenvalue weighted by atomic mass is 9.90. The minimum atomic E-state index is 0.636. The fourth-order valence-electron chi connectivity index (χ4n) is 7.63. The first kappa shape index (κ1) is 31.5. The second-order valence-corrected chi connectivity index (χ2v) is 13.6. The maximum absolute atomic E-state index is 5.13. The number of hydrogen-bond donors (Lipinski definition) is 0. The summed E-state index contributed by atoms with van der Waals surface area (Å²) < 4.78 is 0. The molecule has 0 aliphatic heterocycles. The van der Waals surface area contributed by atoms with Crippen LogP contribution in [0.4, 0.5) is 0 Å². The van der Waals surface area contributed by atoms with E-state index < -0.39 is 0 Å². The number of fused-ring (bicyclic) bond motifs is 3. The van der Waals surface area contributed by atoms with Gasteiger partial charge in [-0.1, -0.05) is 182 Å². The highest BCUT2D eigenvalue weighted by Crippen LogP contribution is 2.38. The summed E-state index contributed by atoms with van der Waals surface area (Å²) in [6.07, 6.45) is 0. The molecule has 0 unspecified atom stereocenters. The van der Waals surface area contributed by atoms with E-state index in [0.717, 1.165) is 27.6 Å². The van der Waals surface area contributed by atoms with Crippen LogP contribution in [0.5, 0.6) is 0 Å². The van der Waals surface area contributed by atoms with Gasteiger partial charge in [0.2, 0.25) is 0 Å². The number of hydrogen-bond acceptors (Lipinski definition) is 3. The van der Waals surface area contributed by atoms with Crippen LogP contribution in [0, 0.1) is 0 Å². The lowest BCUT2D eigenvalue weighted by molar-refractivity contribution is 1.07. The second-order valence-electron chi connectivity index (χ2n) is 13.6. The van der Waals surface area contributed by atoms with Crippen molar-refractivity contribution >= 4 is 32.3 Å². The van der Waals surface area contributed by atoms with Gasteiger partial charge in [-0.15, -0.1) is 0 Å². The van der Waals surface area contributed by atoms with Crippen LogP contribution in [0.2, 0.25) is 0 Å². The Hall–Kier alpha value is -7.23. The predicted molar refractivity (Wildman–Crippen MR) is 225 cm³/mol. The molecular formula is C51H33N3. The molecule has 0 radical (unpaired) electrons. The largest absolute Gasteiger partial charge is 0.208 e. The fraction of sp³-hybridized carbons (Fsp3) is 0. The highest BCUT2D eigenvalue weighted by molar-refractivity contribution is 6.09. The van der Waals surface area contributed by atoms with Gasteiger partial charge in [-0.2, -0.15) is 0 Å². The van der Waals surface area contributed by atoms with Crippen LogP contribution < -0.4 is 0 Å². The van der Waals surface area contributed by atoms with Crippen molar-refractivity contribution in [2.45, 2.75) is 0 Å². The first-order chi connectivity index (χ1) is 26.7. The zero-order valence-electron chi connectivity index (χ0n) is 29.4. The fourth-order valence-corrected chi connectivity index (χ4v) is 7.63. The van der Waals surface area contributed by atoms with Gasteiger partial charge in [0, 0.05) is 16.7 Å². The van der Waals surface area contributed by atoms with Crippen molar-refractivity contribution in [3.8, 4) is 67.5 Å². The molecule has 0 saturated heterocycles. The van der Waals surface area contributed by atoms with Crippen molar-refractivity contribution in [1.29, 1.82) is 0 Å². The van der Waals surface area contributed by atoms with Crippen molar-refractivity contribution in [1.82, 2.24) is 15.0 Å². The highest BCUT2D eigenvalue weighted by atomic mass is 15.0. The number of rotatable bonds is 6. The monoisotopic (exact) mass is 687 g/mol. The Bertz CT molecular complexity index is 2980. The molecule has 1 heterocycles. The third-order valence-electron chi connectivity index (χ3n) is 10.3. The average molecular weight is 688 g/mol. The van der Waals surface area contributed by atoms with Gasteiger partial charge in [0.05, 0.1) is 0 Å². The van der Waals surface area contributed by atoms with Crippen LogP contribution in [0.25, 0.3) is 99.9 Å². The van der Waals surface area contributed by atoms with Crippen molar-refractivity contribution in [3.63, 3.8) is 0 Å². The first-order valence-electron chi connectivity index (χ1n) is 18.3. The molecule has 1 aromatic heterocycles. The van der Waals surface area contributed by atoms with E-state index in [1.807, 2.05) is 24.3 Å². The van der Waals surface area contributed by atoms with Crippen LogP contribution in [0.15, 0.2) is 200 Å². The van der Waals surface area contributed by atoms with Gasteiger partial charge in [-0.05, 0) is 83.9 Å². The maximum Gasteiger partial charge on any atom is 0.164 e. The second kappa shape index (κ2) is 13.4. The van der Waals surface area contributed by atoms with Crippen LogP contribution in [0.1, 0.15) is 0 Å². The lowest BCUT2D eigenvalue weighted by Crippen LogP contribution is -2.00. The summed E-state index contributed by atoms with van der Waals surface area (Å²) in [4.78, 5) is 15.2. The zero-order chi connectivity index (χ0) is 35.8. The SMILES string of the molecule is c1ccc(-c2ccc3cc(-c4nc(-c5ccccc5)nc(-c5cccc(-c6cccc7c(-c8cccc9ccccc89)cccc67)c5)n4)ccc3c2)cc1. The molecule has 0 N–H and O–H groups in total. The quantitative estimate of drug-likeness (QED) is 0.175. The molecule has 0 bridgehead atoms. The molecule has 0 atom stereocenters. The van der Waals surface area contributed by atoms with E-state index in [2.05, 4.69) is 176 Å². The molecular weight excluding hydrogens is 655 g/mol. The van der Waals surface area contributed by atoms with Gasteiger partial charge >= 0.3 is 0 Å². The Morgan fingerprint density at radius 3 is 1.41 bits per heavy atom. The number of benzene rings is 9. The number of nitrogens with zero attached hydrogens (tertiary/aromatic N) is 3. The van der Waals surface area contributed by atoms with Gasteiger partial charge in [-0.3, -0.25) is 0 Å². The number of aromatic nitrogens is 3. The average Bonchev–Trinajstić information content (AvgIpc) is 3.26. The van der Waals surface area contributed by atoms with Crippen molar-refractivity contribution in [2.24, 2.45) is 0 Å². The third kappa shape index (κ3) is 5.78. The van der Waals surface area contributed by atoms with Crippen LogP contribution >= 0.6 is 0 Å². The highest BCUT2D eigenvalue weighted by Gasteiger charge is 2.15. The Kier molecular flexibility index (Phi) is 7.81. The Morgan fingerprint density at radius 1 is 0.222 bits per heavy atom. The molecule has 9 aromatic carbocycles. The zero-order valence-corrected chi connectivity index (χ0v) is 29.4. The Morgan fingerprint density at radius 2 is 0.667 bits per heavy atom. The summed E-state index contributed by atoms with van der Waals surface area (Å²) in [5.41, 5.74) is 9.96. The van der Waals surface area contributed by atoms with Crippen molar-refractivity contribution < 1.29 is 0 Å². The van der Waals surface area contributed by atoms with Crippen molar-refractivity contribution in [3.05, 3.63) is 200 Å². The molecule has 10 rings (SSSR count). The Balaban J connectivity index is 1.08. The van der Waals surface area contributed by atoms with Gasteiger partial charge < -0.3 is 0 Å². The first-order valence-corrected chi connectivity index (χ1v) is 18.3. The molecule has 10 aromatic rings. The van der Waals surface area contributed by atoms with E-state index >= 15 is 0 Å². The summed E-state index contributed by atoms with van der Waals surface area (Å²) >= 11 is 0. The smallest absolute Gasteiger partial charge is 0.164 e. The summed E-state index contributed by atoms with van der Waals surface area (Å²) in [5.74, 6) is 1.92. The molecule has 0 fully saturated rings. The standard InChI is InChI=1S/C51H33N3/c1-3-13-34(14-4-1)37-27-28-39-32-42(30-29-38(39)31-37)51-53-49(36-16-5-2-6-17-36)52-50(54-51)41-20-9-19-40(33-41)44-22-11-25-48-46(44)24-12-26-47(48)45-23-10-18-35-15-7-8-21-43(35)45/h1-33H. The molecule has 0 amide bonds. The normalized spacial score (nSPS) is 11.3. The molecule has 0 aliphatic rings. The van der Waals surface area contributed by atoms with Crippen LogP contribution in [0.3, 0.4) is 0 Å². The maximum atomic E-state index is 5.13.